The number of pyridine rings is 2. The van der Waals surface area contributed by atoms with Gasteiger partial charge in [-0.1, -0.05) is 6.07 Å². The number of hydrogen-bond donors (Lipinski definition) is 3. The standard InChI is InChI=1S/C28H29N7O3/c1-16-14-35(15-17(2)38-16)25-8-6-21(13-30-25)31-28(37)26-23-10-19(5-7-24(23)33-34-26)20-9-22(12-29-11-20)32-27(36)18-3-4-18/h5-13,16-18H,3-4,14-15H2,1-2H3,(H,31,37)(H,32,36)(H,33,34). The Morgan fingerprint density at radius 2 is 1.76 bits per heavy atom. The van der Waals surface area contributed by atoms with Crippen LogP contribution in [0.4, 0.5) is 17.2 Å². The van der Waals surface area contributed by atoms with Crippen molar-refractivity contribution < 1.29 is 14.3 Å². The minimum atomic E-state index is -0.333. The van der Waals surface area contributed by atoms with E-state index in [2.05, 4.69) is 49.5 Å². The molecule has 10 heteroatoms. The van der Waals surface area contributed by atoms with E-state index in [1.807, 2.05) is 36.4 Å². The van der Waals surface area contributed by atoms with Gasteiger partial charge in [0.25, 0.3) is 5.91 Å². The first-order valence-corrected chi connectivity index (χ1v) is 12.8. The molecular weight excluding hydrogens is 482 g/mol. The van der Waals surface area contributed by atoms with E-state index in [4.69, 9.17) is 4.74 Å². The van der Waals surface area contributed by atoms with Gasteiger partial charge in [0.1, 0.15) is 5.82 Å². The molecule has 1 aromatic carbocycles. The van der Waals surface area contributed by atoms with E-state index in [0.29, 0.717) is 16.8 Å². The van der Waals surface area contributed by atoms with Gasteiger partial charge in [-0.2, -0.15) is 5.10 Å². The largest absolute Gasteiger partial charge is 0.372 e. The van der Waals surface area contributed by atoms with Crippen LogP contribution in [0.2, 0.25) is 0 Å². The number of morpholine rings is 1. The van der Waals surface area contributed by atoms with Crippen LogP contribution in [0.25, 0.3) is 22.0 Å². The third-order valence-corrected chi connectivity index (χ3v) is 6.81. The average Bonchev–Trinajstić information content (AvgIpc) is 3.68. The number of aromatic amines is 1. The molecule has 194 valence electrons. The van der Waals surface area contributed by atoms with Crippen LogP contribution in [0.15, 0.2) is 55.0 Å². The number of hydrogen-bond acceptors (Lipinski definition) is 7. The maximum Gasteiger partial charge on any atom is 0.276 e. The number of amides is 2. The maximum atomic E-state index is 13.1. The molecule has 4 heterocycles. The number of carbonyl (C=O) groups excluding carboxylic acids is 2. The molecule has 4 aromatic rings. The second-order valence-corrected chi connectivity index (χ2v) is 10.1. The van der Waals surface area contributed by atoms with Gasteiger partial charge in [-0.25, -0.2) is 4.98 Å². The molecule has 38 heavy (non-hydrogen) atoms. The Balaban J connectivity index is 1.19. The number of ether oxygens (including phenoxy) is 1. The van der Waals surface area contributed by atoms with Crippen molar-refractivity contribution in [3.63, 3.8) is 0 Å². The zero-order valence-electron chi connectivity index (χ0n) is 21.3. The number of nitrogens with one attached hydrogen (secondary N) is 3. The zero-order chi connectivity index (χ0) is 26.2. The molecule has 1 aliphatic carbocycles. The van der Waals surface area contributed by atoms with E-state index in [1.165, 1.54) is 0 Å². The van der Waals surface area contributed by atoms with Crippen LogP contribution in [0.5, 0.6) is 0 Å². The quantitative estimate of drug-likeness (QED) is 0.354. The van der Waals surface area contributed by atoms with Gasteiger partial charge in [-0.15, -0.1) is 0 Å². The lowest BCUT2D eigenvalue weighted by atomic mass is 10.0. The molecule has 0 radical (unpaired) electrons. The van der Waals surface area contributed by atoms with Crippen molar-refractivity contribution in [1.82, 2.24) is 20.2 Å². The first-order chi connectivity index (χ1) is 18.4. The van der Waals surface area contributed by atoms with Gasteiger partial charge >= 0.3 is 0 Å². The Kier molecular flexibility index (Phi) is 6.24. The molecule has 6 rings (SSSR count). The molecule has 2 aliphatic rings. The number of carbonyl (C=O) groups is 2. The van der Waals surface area contributed by atoms with Crippen LogP contribution in [-0.4, -0.2) is 57.3 Å². The molecular formula is C28H29N7O3. The summed E-state index contributed by atoms with van der Waals surface area (Å²) in [6, 6.07) is 11.4. The maximum absolute atomic E-state index is 13.1. The Morgan fingerprint density at radius 3 is 2.50 bits per heavy atom. The lowest BCUT2D eigenvalue weighted by Gasteiger charge is -2.36. The van der Waals surface area contributed by atoms with E-state index in [1.54, 1.807) is 18.6 Å². The summed E-state index contributed by atoms with van der Waals surface area (Å²) in [5.41, 5.74) is 3.97. The lowest BCUT2D eigenvalue weighted by molar-refractivity contribution is -0.117. The minimum absolute atomic E-state index is 0.0322. The van der Waals surface area contributed by atoms with Crippen molar-refractivity contribution in [2.45, 2.75) is 38.9 Å². The Hall–Kier alpha value is -4.31. The number of fused-ring (bicyclic) bond motifs is 1. The van der Waals surface area contributed by atoms with Crippen molar-refractivity contribution in [2.24, 2.45) is 5.92 Å². The molecule has 1 saturated carbocycles. The molecule has 2 unspecified atom stereocenters. The SMILES string of the molecule is CC1CN(c2ccc(NC(=O)c3n[nH]c4ccc(-c5cncc(NC(=O)C6CC6)c5)cc34)cn2)CC(C)O1. The summed E-state index contributed by atoms with van der Waals surface area (Å²) in [7, 11) is 0. The van der Waals surface area contributed by atoms with Crippen molar-refractivity contribution in [3.05, 3.63) is 60.7 Å². The molecule has 2 amide bonds. The normalized spacial score (nSPS) is 19.4. The molecule has 0 spiro atoms. The number of H-pyrrole nitrogens is 1. The fourth-order valence-electron chi connectivity index (χ4n) is 4.82. The topological polar surface area (TPSA) is 125 Å². The number of benzene rings is 1. The van der Waals surface area contributed by atoms with Crippen LogP contribution < -0.4 is 15.5 Å². The van der Waals surface area contributed by atoms with E-state index in [0.717, 1.165) is 48.4 Å². The second-order valence-electron chi connectivity index (χ2n) is 10.1. The molecule has 10 nitrogen and oxygen atoms in total. The second kappa shape index (κ2) is 9.86. The third kappa shape index (κ3) is 5.08. The van der Waals surface area contributed by atoms with Gasteiger partial charge in [0.2, 0.25) is 5.91 Å². The Bertz CT molecular complexity index is 1490. The first-order valence-electron chi connectivity index (χ1n) is 12.8. The van der Waals surface area contributed by atoms with E-state index >= 15 is 0 Å². The first kappa shape index (κ1) is 24.1. The minimum Gasteiger partial charge on any atom is -0.372 e. The number of rotatable bonds is 6. The van der Waals surface area contributed by atoms with Gasteiger partial charge in [-0.05, 0) is 62.6 Å². The molecule has 2 atom stereocenters. The fourth-order valence-corrected chi connectivity index (χ4v) is 4.82. The van der Waals surface area contributed by atoms with E-state index < -0.39 is 0 Å². The van der Waals surface area contributed by atoms with Gasteiger partial charge in [0.15, 0.2) is 5.69 Å². The van der Waals surface area contributed by atoms with Gasteiger partial charge in [0.05, 0.1) is 41.5 Å². The summed E-state index contributed by atoms with van der Waals surface area (Å²) >= 11 is 0. The highest BCUT2D eigenvalue weighted by Gasteiger charge is 2.29. The van der Waals surface area contributed by atoms with Crippen LogP contribution >= 0.6 is 0 Å². The number of nitrogens with zero attached hydrogens (tertiary/aromatic N) is 4. The van der Waals surface area contributed by atoms with Gasteiger partial charge < -0.3 is 20.3 Å². The highest BCUT2D eigenvalue weighted by Crippen LogP contribution is 2.31. The molecule has 3 N–H and O–H groups in total. The number of anilines is 3. The predicted molar refractivity (Wildman–Crippen MR) is 145 cm³/mol. The summed E-state index contributed by atoms with van der Waals surface area (Å²) in [6.45, 7) is 5.65. The summed E-state index contributed by atoms with van der Waals surface area (Å²) < 4.78 is 5.80. The smallest absolute Gasteiger partial charge is 0.276 e. The lowest BCUT2D eigenvalue weighted by Crippen LogP contribution is -2.45. The van der Waals surface area contributed by atoms with Crippen LogP contribution in [0.1, 0.15) is 37.2 Å². The summed E-state index contributed by atoms with van der Waals surface area (Å²) in [5, 5.41) is 13.7. The average molecular weight is 512 g/mol. The monoisotopic (exact) mass is 511 g/mol. The Morgan fingerprint density at radius 1 is 0.947 bits per heavy atom. The summed E-state index contributed by atoms with van der Waals surface area (Å²) in [5.74, 6) is 0.661. The Labute approximate surface area is 219 Å². The van der Waals surface area contributed by atoms with Crippen molar-refractivity contribution >= 4 is 39.9 Å². The molecule has 1 saturated heterocycles. The van der Waals surface area contributed by atoms with Crippen LogP contribution in [0.3, 0.4) is 0 Å². The molecule has 3 aromatic heterocycles. The van der Waals surface area contributed by atoms with Gasteiger partial charge in [-0.3, -0.25) is 19.7 Å². The highest BCUT2D eigenvalue weighted by molar-refractivity contribution is 6.11. The molecule has 1 aliphatic heterocycles. The fraction of sp³-hybridized carbons (Fsp3) is 0.321. The highest BCUT2D eigenvalue weighted by atomic mass is 16.5. The van der Waals surface area contributed by atoms with Gasteiger partial charge in [0, 0.05) is 36.2 Å². The molecule has 0 bridgehead atoms. The van der Waals surface area contributed by atoms with E-state index in [-0.39, 0.29) is 35.6 Å². The van der Waals surface area contributed by atoms with Crippen molar-refractivity contribution in [3.8, 4) is 11.1 Å². The predicted octanol–water partition coefficient (Wildman–Crippen LogP) is 4.23. The third-order valence-electron chi connectivity index (χ3n) is 6.81. The van der Waals surface area contributed by atoms with Crippen molar-refractivity contribution in [1.29, 1.82) is 0 Å². The zero-order valence-corrected chi connectivity index (χ0v) is 21.3. The number of aromatic nitrogens is 4. The van der Waals surface area contributed by atoms with Crippen LogP contribution in [0, 0.1) is 5.92 Å². The summed E-state index contributed by atoms with van der Waals surface area (Å²) in [4.78, 5) is 36.3. The molecule has 2 fully saturated rings. The van der Waals surface area contributed by atoms with Crippen molar-refractivity contribution in [2.75, 3.05) is 28.6 Å². The van der Waals surface area contributed by atoms with E-state index in [9.17, 15) is 9.59 Å². The van der Waals surface area contributed by atoms with Crippen LogP contribution in [-0.2, 0) is 9.53 Å². The summed E-state index contributed by atoms with van der Waals surface area (Å²) in [6.07, 6.45) is 7.18.